The lowest BCUT2D eigenvalue weighted by molar-refractivity contribution is 0.0756. The summed E-state index contributed by atoms with van der Waals surface area (Å²) >= 11 is 3.32. The summed E-state index contributed by atoms with van der Waals surface area (Å²) < 4.78 is 0.859. The van der Waals surface area contributed by atoms with Gasteiger partial charge in [0.1, 0.15) is 0 Å². The number of hydrogen-bond donors (Lipinski definition) is 1. The average Bonchev–Trinajstić information content (AvgIpc) is 2.19. The van der Waals surface area contributed by atoms with Gasteiger partial charge >= 0.3 is 0 Å². The second kappa shape index (κ2) is 4.66. The summed E-state index contributed by atoms with van der Waals surface area (Å²) in [6, 6.07) is 5.46. The van der Waals surface area contributed by atoms with Gasteiger partial charge in [-0.1, -0.05) is 15.9 Å². The van der Waals surface area contributed by atoms with Crippen molar-refractivity contribution in [1.29, 1.82) is 0 Å². The Morgan fingerprint density at radius 3 is 2.60 bits per heavy atom. The second-order valence-corrected chi connectivity index (χ2v) is 4.66. The fraction of sp³-hybridized carbons (Fsp3) is 0.364. The molecule has 0 radical (unpaired) electrons. The predicted octanol–water partition coefficient (Wildman–Crippen LogP) is 2.51. The zero-order valence-corrected chi connectivity index (χ0v) is 10.7. The number of amides is 1. The minimum absolute atomic E-state index is 0.0520. The lowest BCUT2D eigenvalue weighted by Crippen LogP contribution is -2.33. The van der Waals surface area contributed by atoms with E-state index < -0.39 is 0 Å². The lowest BCUT2D eigenvalue weighted by atomic mass is 10.1. The average molecular weight is 271 g/mol. The summed E-state index contributed by atoms with van der Waals surface area (Å²) in [5.41, 5.74) is 6.81. The van der Waals surface area contributed by atoms with Gasteiger partial charge in [-0.25, -0.2) is 0 Å². The third-order valence-corrected chi connectivity index (χ3v) is 2.83. The molecule has 0 fully saturated rings. The molecule has 1 aromatic rings. The van der Waals surface area contributed by atoms with Crippen molar-refractivity contribution in [2.45, 2.75) is 19.9 Å². The summed E-state index contributed by atoms with van der Waals surface area (Å²) in [6.07, 6.45) is 0. The van der Waals surface area contributed by atoms with Gasteiger partial charge in [-0.2, -0.15) is 0 Å². The van der Waals surface area contributed by atoms with Crippen LogP contribution in [0.2, 0.25) is 0 Å². The molecule has 1 aromatic carbocycles. The number of nitrogen functional groups attached to an aromatic ring is 1. The van der Waals surface area contributed by atoms with Crippen molar-refractivity contribution in [3.63, 3.8) is 0 Å². The van der Waals surface area contributed by atoms with Crippen LogP contribution in [-0.4, -0.2) is 23.9 Å². The standard InChI is InChI=1S/C11H15BrN2O/c1-7(2)14(3)11(15)9-6-8(12)4-5-10(9)13/h4-7H,13H2,1-3H3. The fourth-order valence-electron chi connectivity index (χ4n) is 1.14. The molecule has 0 aliphatic rings. The van der Waals surface area contributed by atoms with E-state index in [0.29, 0.717) is 11.3 Å². The third kappa shape index (κ3) is 2.72. The first kappa shape index (κ1) is 12.0. The topological polar surface area (TPSA) is 46.3 Å². The lowest BCUT2D eigenvalue weighted by Gasteiger charge is -2.22. The maximum atomic E-state index is 12.0. The molecule has 0 atom stereocenters. The Kier molecular flexibility index (Phi) is 3.74. The van der Waals surface area contributed by atoms with E-state index in [2.05, 4.69) is 15.9 Å². The molecule has 2 N–H and O–H groups in total. The molecule has 1 amide bonds. The van der Waals surface area contributed by atoms with E-state index in [9.17, 15) is 4.79 Å². The molecule has 0 bridgehead atoms. The molecular weight excluding hydrogens is 256 g/mol. The van der Waals surface area contributed by atoms with Gasteiger partial charge in [-0.15, -0.1) is 0 Å². The SMILES string of the molecule is CC(C)N(C)C(=O)c1cc(Br)ccc1N. The summed E-state index contributed by atoms with van der Waals surface area (Å²) in [5, 5.41) is 0. The van der Waals surface area contributed by atoms with Crippen LogP contribution in [0.5, 0.6) is 0 Å². The van der Waals surface area contributed by atoms with E-state index in [-0.39, 0.29) is 11.9 Å². The summed E-state index contributed by atoms with van der Waals surface area (Å²) in [4.78, 5) is 13.6. The molecular formula is C11H15BrN2O. The Morgan fingerprint density at radius 2 is 2.07 bits per heavy atom. The van der Waals surface area contributed by atoms with E-state index in [4.69, 9.17) is 5.73 Å². The Balaban J connectivity index is 3.05. The van der Waals surface area contributed by atoms with E-state index in [0.717, 1.165) is 4.47 Å². The Labute approximate surface area is 98.4 Å². The van der Waals surface area contributed by atoms with Gasteiger partial charge in [0.25, 0.3) is 5.91 Å². The zero-order valence-electron chi connectivity index (χ0n) is 9.12. The van der Waals surface area contributed by atoms with Crippen molar-refractivity contribution in [1.82, 2.24) is 4.90 Å². The Hall–Kier alpha value is -1.03. The summed E-state index contributed by atoms with van der Waals surface area (Å²) in [5.74, 6) is -0.0520. The first-order chi connectivity index (χ1) is 6.93. The smallest absolute Gasteiger partial charge is 0.255 e. The van der Waals surface area contributed by atoms with Crippen molar-refractivity contribution >= 4 is 27.5 Å². The molecule has 0 aliphatic carbocycles. The number of rotatable bonds is 2. The molecule has 4 heteroatoms. The molecule has 0 saturated carbocycles. The highest BCUT2D eigenvalue weighted by molar-refractivity contribution is 9.10. The van der Waals surface area contributed by atoms with Crippen LogP contribution in [0.15, 0.2) is 22.7 Å². The maximum Gasteiger partial charge on any atom is 0.255 e. The number of nitrogens with two attached hydrogens (primary N) is 1. The van der Waals surface area contributed by atoms with Gasteiger partial charge in [0.05, 0.1) is 5.56 Å². The van der Waals surface area contributed by atoms with Gasteiger partial charge in [0.15, 0.2) is 0 Å². The second-order valence-electron chi connectivity index (χ2n) is 3.74. The molecule has 0 spiro atoms. The first-order valence-electron chi connectivity index (χ1n) is 4.75. The molecule has 0 aromatic heterocycles. The number of anilines is 1. The van der Waals surface area contributed by atoms with Crippen molar-refractivity contribution in [3.05, 3.63) is 28.2 Å². The minimum atomic E-state index is -0.0520. The van der Waals surface area contributed by atoms with Crippen LogP contribution in [0.4, 0.5) is 5.69 Å². The number of benzene rings is 1. The number of carbonyl (C=O) groups excluding carboxylic acids is 1. The summed E-state index contributed by atoms with van der Waals surface area (Å²) in [6.45, 7) is 3.93. The fourth-order valence-corrected chi connectivity index (χ4v) is 1.50. The maximum absolute atomic E-state index is 12.0. The number of hydrogen-bond acceptors (Lipinski definition) is 2. The normalized spacial score (nSPS) is 10.5. The van der Waals surface area contributed by atoms with E-state index in [1.165, 1.54) is 0 Å². The van der Waals surface area contributed by atoms with Crippen LogP contribution >= 0.6 is 15.9 Å². The Bertz CT molecular complexity index is 377. The van der Waals surface area contributed by atoms with Crippen LogP contribution in [-0.2, 0) is 0 Å². The van der Waals surface area contributed by atoms with Crippen LogP contribution in [0, 0.1) is 0 Å². The van der Waals surface area contributed by atoms with E-state index in [1.807, 2.05) is 19.9 Å². The van der Waals surface area contributed by atoms with Gasteiger partial charge in [0, 0.05) is 23.2 Å². The quantitative estimate of drug-likeness (QED) is 0.840. The van der Waals surface area contributed by atoms with Crippen LogP contribution in [0.25, 0.3) is 0 Å². The highest BCUT2D eigenvalue weighted by atomic mass is 79.9. The van der Waals surface area contributed by atoms with Gasteiger partial charge in [0.2, 0.25) is 0 Å². The monoisotopic (exact) mass is 270 g/mol. The van der Waals surface area contributed by atoms with Crippen LogP contribution in [0.1, 0.15) is 24.2 Å². The molecule has 0 unspecified atom stereocenters. The predicted molar refractivity (Wildman–Crippen MR) is 65.8 cm³/mol. The first-order valence-corrected chi connectivity index (χ1v) is 5.55. The van der Waals surface area contributed by atoms with Crippen molar-refractivity contribution in [2.75, 3.05) is 12.8 Å². The largest absolute Gasteiger partial charge is 0.398 e. The van der Waals surface area contributed by atoms with E-state index >= 15 is 0 Å². The molecule has 0 saturated heterocycles. The van der Waals surface area contributed by atoms with Gasteiger partial charge < -0.3 is 10.6 Å². The van der Waals surface area contributed by atoms with Crippen molar-refractivity contribution < 1.29 is 4.79 Å². The molecule has 82 valence electrons. The Morgan fingerprint density at radius 1 is 1.47 bits per heavy atom. The van der Waals surface area contributed by atoms with E-state index in [1.54, 1.807) is 24.1 Å². The van der Waals surface area contributed by atoms with Crippen molar-refractivity contribution in [2.24, 2.45) is 0 Å². The molecule has 0 heterocycles. The van der Waals surface area contributed by atoms with Crippen LogP contribution in [0.3, 0.4) is 0 Å². The number of carbonyl (C=O) groups is 1. The number of halogens is 1. The molecule has 1 rings (SSSR count). The highest BCUT2D eigenvalue weighted by Crippen LogP contribution is 2.20. The molecule has 15 heavy (non-hydrogen) atoms. The minimum Gasteiger partial charge on any atom is -0.398 e. The van der Waals surface area contributed by atoms with Gasteiger partial charge in [-0.05, 0) is 32.0 Å². The van der Waals surface area contributed by atoms with Crippen molar-refractivity contribution in [3.8, 4) is 0 Å². The zero-order chi connectivity index (χ0) is 11.6. The molecule has 0 aliphatic heterocycles. The molecule has 3 nitrogen and oxygen atoms in total. The highest BCUT2D eigenvalue weighted by Gasteiger charge is 2.16. The third-order valence-electron chi connectivity index (χ3n) is 2.34. The van der Waals surface area contributed by atoms with Crippen LogP contribution < -0.4 is 5.73 Å². The summed E-state index contributed by atoms with van der Waals surface area (Å²) in [7, 11) is 1.77. The number of nitrogens with zero attached hydrogens (tertiary/aromatic N) is 1. The van der Waals surface area contributed by atoms with Gasteiger partial charge in [-0.3, -0.25) is 4.79 Å².